The van der Waals surface area contributed by atoms with Crippen molar-refractivity contribution in [3.8, 4) is 0 Å². The number of anilines is 1. The molecule has 0 saturated carbocycles. The van der Waals surface area contributed by atoms with E-state index in [-0.39, 0.29) is 0 Å². The van der Waals surface area contributed by atoms with Crippen LogP contribution in [0.1, 0.15) is 52.0 Å². The molecule has 0 aromatic heterocycles. The summed E-state index contributed by atoms with van der Waals surface area (Å²) < 4.78 is 0. The molecule has 0 bridgehead atoms. The van der Waals surface area contributed by atoms with Crippen LogP contribution in [0.5, 0.6) is 0 Å². The molecule has 0 heterocycles. The molecule has 21 heavy (non-hydrogen) atoms. The van der Waals surface area contributed by atoms with E-state index in [4.69, 9.17) is 5.11 Å². The average Bonchev–Trinajstić information content (AvgIpc) is 2.48. The fourth-order valence-corrected chi connectivity index (χ4v) is 2.16. The van der Waals surface area contributed by atoms with Gasteiger partial charge in [-0.25, -0.2) is 4.79 Å². The van der Waals surface area contributed by atoms with E-state index in [1.54, 1.807) is 13.0 Å². The van der Waals surface area contributed by atoms with Crippen molar-refractivity contribution in [1.29, 1.82) is 0 Å². The van der Waals surface area contributed by atoms with Crippen LogP contribution in [0, 0.1) is 0 Å². The summed E-state index contributed by atoms with van der Waals surface area (Å²) in [6, 6.07) is 8.16. The SMILES string of the molecule is CCCCN(CCCC)c1ccc(C=C(C)C(=O)O)cc1. The van der Waals surface area contributed by atoms with Gasteiger partial charge in [0, 0.05) is 24.4 Å². The van der Waals surface area contributed by atoms with Gasteiger partial charge in [0.15, 0.2) is 0 Å². The maximum atomic E-state index is 10.8. The Hall–Kier alpha value is -1.77. The van der Waals surface area contributed by atoms with Gasteiger partial charge in [-0.05, 0) is 43.5 Å². The molecule has 0 aliphatic rings. The Morgan fingerprint density at radius 2 is 1.62 bits per heavy atom. The molecule has 3 nitrogen and oxygen atoms in total. The lowest BCUT2D eigenvalue weighted by molar-refractivity contribution is -0.132. The highest BCUT2D eigenvalue weighted by Crippen LogP contribution is 2.18. The van der Waals surface area contributed by atoms with E-state index < -0.39 is 5.97 Å². The minimum Gasteiger partial charge on any atom is -0.478 e. The first kappa shape index (κ1) is 17.3. The average molecular weight is 289 g/mol. The number of hydrogen-bond acceptors (Lipinski definition) is 2. The van der Waals surface area contributed by atoms with Crippen LogP contribution in [0.15, 0.2) is 29.8 Å². The number of rotatable bonds is 9. The topological polar surface area (TPSA) is 40.5 Å². The van der Waals surface area contributed by atoms with Gasteiger partial charge in [-0.3, -0.25) is 0 Å². The van der Waals surface area contributed by atoms with Crippen molar-refractivity contribution in [2.24, 2.45) is 0 Å². The Labute approximate surface area is 128 Å². The van der Waals surface area contributed by atoms with Gasteiger partial charge in [0.25, 0.3) is 0 Å². The van der Waals surface area contributed by atoms with E-state index >= 15 is 0 Å². The molecular weight excluding hydrogens is 262 g/mol. The second-order valence-electron chi connectivity index (χ2n) is 5.42. The molecule has 0 amide bonds. The van der Waals surface area contributed by atoms with Gasteiger partial charge in [0.05, 0.1) is 0 Å². The highest BCUT2D eigenvalue weighted by molar-refractivity contribution is 5.91. The molecule has 0 atom stereocenters. The number of carboxylic acid groups (broad SMARTS) is 1. The Balaban J connectivity index is 2.81. The predicted molar refractivity (Wildman–Crippen MR) is 89.8 cm³/mol. The predicted octanol–water partition coefficient (Wildman–Crippen LogP) is 4.58. The summed E-state index contributed by atoms with van der Waals surface area (Å²) in [4.78, 5) is 13.3. The smallest absolute Gasteiger partial charge is 0.331 e. The van der Waals surface area contributed by atoms with Crippen molar-refractivity contribution < 1.29 is 9.90 Å². The van der Waals surface area contributed by atoms with Crippen molar-refractivity contribution >= 4 is 17.7 Å². The number of aliphatic carboxylic acids is 1. The van der Waals surface area contributed by atoms with Crippen LogP contribution in [-0.4, -0.2) is 24.2 Å². The van der Waals surface area contributed by atoms with Gasteiger partial charge in [-0.1, -0.05) is 38.8 Å². The highest BCUT2D eigenvalue weighted by atomic mass is 16.4. The number of unbranched alkanes of at least 4 members (excludes halogenated alkanes) is 2. The Kier molecular flexibility index (Phi) is 7.59. The van der Waals surface area contributed by atoms with Crippen molar-refractivity contribution in [1.82, 2.24) is 0 Å². The van der Waals surface area contributed by atoms with Crippen LogP contribution in [0.2, 0.25) is 0 Å². The van der Waals surface area contributed by atoms with E-state index in [9.17, 15) is 4.79 Å². The van der Waals surface area contributed by atoms with Gasteiger partial charge in [0.1, 0.15) is 0 Å². The summed E-state index contributed by atoms with van der Waals surface area (Å²) in [5.74, 6) is -0.869. The van der Waals surface area contributed by atoms with Crippen LogP contribution < -0.4 is 4.90 Å². The fourth-order valence-electron chi connectivity index (χ4n) is 2.16. The second kappa shape index (κ2) is 9.22. The molecular formula is C18H27NO2. The fraction of sp³-hybridized carbons (Fsp3) is 0.500. The Morgan fingerprint density at radius 1 is 1.10 bits per heavy atom. The van der Waals surface area contributed by atoms with Crippen LogP contribution in [0.4, 0.5) is 5.69 Å². The van der Waals surface area contributed by atoms with Gasteiger partial charge in [0.2, 0.25) is 0 Å². The van der Waals surface area contributed by atoms with Gasteiger partial charge >= 0.3 is 5.97 Å². The molecule has 3 heteroatoms. The largest absolute Gasteiger partial charge is 0.478 e. The summed E-state index contributed by atoms with van der Waals surface area (Å²) in [6.07, 6.45) is 6.49. The number of benzene rings is 1. The molecule has 116 valence electrons. The number of carbonyl (C=O) groups is 1. The molecule has 0 fully saturated rings. The maximum Gasteiger partial charge on any atom is 0.331 e. The van der Waals surface area contributed by atoms with Crippen LogP contribution in [0.3, 0.4) is 0 Å². The first-order valence-corrected chi connectivity index (χ1v) is 7.85. The molecule has 0 aliphatic heterocycles. The lowest BCUT2D eigenvalue weighted by Crippen LogP contribution is -2.25. The Morgan fingerprint density at radius 3 is 2.05 bits per heavy atom. The molecule has 1 N–H and O–H groups in total. The molecule has 0 saturated heterocycles. The number of nitrogens with zero attached hydrogens (tertiary/aromatic N) is 1. The first-order valence-electron chi connectivity index (χ1n) is 7.85. The van der Waals surface area contributed by atoms with E-state index in [1.807, 2.05) is 12.1 Å². The Bertz CT molecular complexity index is 455. The zero-order valence-corrected chi connectivity index (χ0v) is 13.4. The van der Waals surface area contributed by atoms with Crippen molar-refractivity contribution in [3.63, 3.8) is 0 Å². The molecule has 0 aliphatic carbocycles. The zero-order chi connectivity index (χ0) is 15.7. The minimum absolute atomic E-state index is 0.358. The van der Waals surface area contributed by atoms with Crippen molar-refractivity contribution in [2.45, 2.75) is 46.5 Å². The summed E-state index contributed by atoms with van der Waals surface area (Å²) in [6.45, 7) is 8.20. The third-order valence-corrected chi connectivity index (χ3v) is 3.54. The lowest BCUT2D eigenvalue weighted by Gasteiger charge is -2.24. The monoisotopic (exact) mass is 289 g/mol. The molecule has 1 aromatic carbocycles. The maximum absolute atomic E-state index is 10.8. The van der Waals surface area contributed by atoms with E-state index in [2.05, 4.69) is 30.9 Å². The van der Waals surface area contributed by atoms with Gasteiger partial charge in [-0.2, -0.15) is 0 Å². The number of hydrogen-bond donors (Lipinski definition) is 1. The molecule has 0 unspecified atom stereocenters. The summed E-state index contributed by atoms with van der Waals surface area (Å²) in [5, 5.41) is 8.90. The third-order valence-electron chi connectivity index (χ3n) is 3.54. The van der Waals surface area contributed by atoms with E-state index in [0.29, 0.717) is 5.57 Å². The van der Waals surface area contributed by atoms with Gasteiger partial charge in [-0.15, -0.1) is 0 Å². The van der Waals surface area contributed by atoms with Crippen LogP contribution in [0.25, 0.3) is 6.08 Å². The summed E-state index contributed by atoms with van der Waals surface area (Å²) in [7, 11) is 0. The van der Waals surface area contributed by atoms with E-state index in [1.165, 1.54) is 31.4 Å². The zero-order valence-electron chi connectivity index (χ0n) is 13.4. The molecule has 1 aromatic rings. The van der Waals surface area contributed by atoms with Crippen LogP contribution >= 0.6 is 0 Å². The first-order chi connectivity index (χ1) is 10.1. The molecule has 0 spiro atoms. The van der Waals surface area contributed by atoms with Gasteiger partial charge < -0.3 is 10.0 Å². The lowest BCUT2D eigenvalue weighted by atomic mass is 10.1. The standard InChI is InChI=1S/C18H27NO2/c1-4-6-12-19(13-7-5-2)17-10-8-16(9-11-17)14-15(3)18(20)21/h8-11,14H,4-7,12-13H2,1-3H3,(H,20,21). The molecule has 0 radical (unpaired) electrons. The number of carboxylic acids is 1. The summed E-state index contributed by atoms with van der Waals surface area (Å²) in [5.41, 5.74) is 2.52. The quantitative estimate of drug-likeness (QED) is 0.676. The third kappa shape index (κ3) is 6.03. The normalized spacial score (nSPS) is 11.5. The summed E-state index contributed by atoms with van der Waals surface area (Å²) >= 11 is 0. The van der Waals surface area contributed by atoms with Crippen LogP contribution in [-0.2, 0) is 4.79 Å². The van der Waals surface area contributed by atoms with Crippen molar-refractivity contribution in [3.05, 3.63) is 35.4 Å². The van der Waals surface area contributed by atoms with Crippen molar-refractivity contribution in [2.75, 3.05) is 18.0 Å². The van der Waals surface area contributed by atoms with E-state index in [0.717, 1.165) is 18.7 Å². The highest BCUT2D eigenvalue weighted by Gasteiger charge is 2.06. The second-order valence-corrected chi connectivity index (χ2v) is 5.42. The molecule has 1 rings (SSSR count). The minimum atomic E-state index is -0.869.